The lowest BCUT2D eigenvalue weighted by Gasteiger charge is -2.27. The summed E-state index contributed by atoms with van der Waals surface area (Å²) >= 11 is 1.26. The fourth-order valence-electron chi connectivity index (χ4n) is 4.93. The first kappa shape index (κ1) is 30.0. The third-order valence-corrected chi connectivity index (χ3v) is 8.68. The summed E-state index contributed by atoms with van der Waals surface area (Å²) < 4.78 is 5.36. The van der Waals surface area contributed by atoms with Gasteiger partial charge in [-0.05, 0) is 43.5 Å². The zero-order valence-corrected chi connectivity index (χ0v) is 25.3. The number of amides is 3. The number of carbonyl (C=O) groups excluding carboxylic acids is 3. The molecule has 0 fully saturated rings. The molecule has 0 saturated carbocycles. The minimum Gasteiger partial charge on any atom is -0.496 e. The zero-order valence-electron chi connectivity index (χ0n) is 24.5. The number of aliphatic imine (C=N–C) groups is 2. The van der Waals surface area contributed by atoms with Crippen LogP contribution in [0.3, 0.4) is 0 Å². The van der Waals surface area contributed by atoms with E-state index in [-0.39, 0.29) is 30.6 Å². The molecule has 2 N–H and O–H groups in total. The third-order valence-electron chi connectivity index (χ3n) is 7.36. The van der Waals surface area contributed by atoms with Gasteiger partial charge in [-0.15, -0.1) is 0 Å². The molecule has 43 heavy (non-hydrogen) atoms. The van der Waals surface area contributed by atoms with Crippen LogP contribution in [0.1, 0.15) is 48.4 Å². The van der Waals surface area contributed by atoms with Crippen LogP contribution in [-0.2, 0) is 27.5 Å². The van der Waals surface area contributed by atoms with Gasteiger partial charge in [-0.25, -0.2) is 9.89 Å². The van der Waals surface area contributed by atoms with E-state index in [0.717, 1.165) is 22.3 Å². The minimum atomic E-state index is -0.723. The van der Waals surface area contributed by atoms with E-state index < -0.39 is 11.3 Å². The summed E-state index contributed by atoms with van der Waals surface area (Å²) in [4.78, 5) is 50.6. The van der Waals surface area contributed by atoms with Gasteiger partial charge in [0.25, 0.3) is 5.91 Å². The molecule has 10 heteroatoms. The number of methoxy groups -OCH3 is 1. The molecule has 3 aromatic carbocycles. The molecule has 2 atom stereocenters. The Bertz CT molecular complexity index is 1570. The van der Waals surface area contributed by atoms with Crippen LogP contribution in [0.25, 0.3) is 0 Å². The van der Waals surface area contributed by atoms with Gasteiger partial charge in [0, 0.05) is 30.6 Å². The number of para-hydroxylation sites is 2. The molecule has 222 valence electrons. The summed E-state index contributed by atoms with van der Waals surface area (Å²) in [6.45, 7) is 4.71. The van der Waals surface area contributed by atoms with Gasteiger partial charge in [0.05, 0.1) is 18.0 Å². The lowest BCUT2D eigenvalue weighted by atomic mass is 10.1. The molecule has 0 aliphatic carbocycles. The highest BCUT2D eigenvalue weighted by Crippen LogP contribution is 2.36. The smallest absolute Gasteiger partial charge is 0.259 e. The SMILES string of the molecule is CC[C@@H](SC1=Nc2ccccc2C2=N[C@H](CCC(=O)NCc3ccccc3OC)C(=O)N12)C(=O)NCc1ccc(C)cc1. The Kier molecular flexibility index (Phi) is 9.56. The van der Waals surface area contributed by atoms with Crippen LogP contribution in [0.4, 0.5) is 5.69 Å². The minimum absolute atomic E-state index is 0.122. The topological polar surface area (TPSA) is 112 Å². The van der Waals surface area contributed by atoms with Crippen LogP contribution in [0.2, 0.25) is 0 Å². The lowest BCUT2D eigenvalue weighted by Crippen LogP contribution is -2.43. The molecule has 0 aromatic heterocycles. The van der Waals surface area contributed by atoms with E-state index in [2.05, 4.69) is 10.6 Å². The highest BCUT2D eigenvalue weighted by atomic mass is 32.2. The molecule has 2 aliphatic rings. The van der Waals surface area contributed by atoms with Crippen LogP contribution in [-0.4, -0.2) is 52.0 Å². The van der Waals surface area contributed by atoms with E-state index in [4.69, 9.17) is 14.7 Å². The maximum atomic E-state index is 13.7. The van der Waals surface area contributed by atoms with Crippen LogP contribution >= 0.6 is 11.8 Å². The van der Waals surface area contributed by atoms with Crippen molar-refractivity contribution in [2.75, 3.05) is 7.11 Å². The normalized spacial score (nSPS) is 16.0. The fraction of sp³-hybridized carbons (Fsp3) is 0.303. The van der Waals surface area contributed by atoms with Crippen molar-refractivity contribution >= 4 is 46.2 Å². The maximum Gasteiger partial charge on any atom is 0.259 e. The van der Waals surface area contributed by atoms with Crippen LogP contribution < -0.4 is 15.4 Å². The van der Waals surface area contributed by atoms with Crippen molar-refractivity contribution in [2.45, 2.75) is 57.5 Å². The van der Waals surface area contributed by atoms with Crippen molar-refractivity contribution in [3.05, 3.63) is 95.1 Å². The van der Waals surface area contributed by atoms with E-state index in [0.29, 0.717) is 42.0 Å². The molecule has 0 saturated heterocycles. The van der Waals surface area contributed by atoms with Gasteiger partial charge in [-0.3, -0.25) is 19.4 Å². The molecule has 2 heterocycles. The highest BCUT2D eigenvalue weighted by molar-refractivity contribution is 8.15. The first-order valence-electron chi connectivity index (χ1n) is 14.4. The van der Waals surface area contributed by atoms with Gasteiger partial charge in [0.1, 0.15) is 17.6 Å². The van der Waals surface area contributed by atoms with E-state index >= 15 is 0 Å². The molecule has 3 aromatic rings. The van der Waals surface area contributed by atoms with Crippen LogP contribution in [0.5, 0.6) is 5.75 Å². The Labute approximate surface area is 255 Å². The number of carbonyl (C=O) groups is 3. The molecule has 3 amide bonds. The Hall–Kier alpha value is -4.44. The van der Waals surface area contributed by atoms with E-state index in [9.17, 15) is 14.4 Å². The largest absolute Gasteiger partial charge is 0.496 e. The quantitative estimate of drug-likeness (QED) is 0.327. The summed E-state index contributed by atoms with van der Waals surface area (Å²) in [5, 5.41) is 5.89. The monoisotopic (exact) mass is 597 g/mol. The van der Waals surface area contributed by atoms with Gasteiger partial charge < -0.3 is 15.4 Å². The Balaban J connectivity index is 1.25. The van der Waals surface area contributed by atoms with Gasteiger partial charge in [0.15, 0.2) is 5.17 Å². The van der Waals surface area contributed by atoms with Crippen molar-refractivity contribution in [1.82, 2.24) is 15.5 Å². The molecule has 0 spiro atoms. The Morgan fingerprint density at radius 3 is 2.51 bits per heavy atom. The molecule has 9 nitrogen and oxygen atoms in total. The average Bonchev–Trinajstić information content (AvgIpc) is 3.37. The predicted molar refractivity (Wildman–Crippen MR) is 169 cm³/mol. The molecular weight excluding hydrogens is 562 g/mol. The third kappa shape index (κ3) is 6.97. The molecular formula is C33H35N5O4S. The van der Waals surface area contributed by atoms with Gasteiger partial charge >= 0.3 is 0 Å². The number of thioether (sulfide) groups is 1. The Morgan fingerprint density at radius 2 is 1.74 bits per heavy atom. The summed E-state index contributed by atoms with van der Waals surface area (Å²) in [6.07, 6.45) is 0.941. The number of rotatable bonds is 11. The second-order valence-electron chi connectivity index (χ2n) is 10.4. The fourth-order valence-corrected chi connectivity index (χ4v) is 5.97. The van der Waals surface area contributed by atoms with Crippen molar-refractivity contribution in [1.29, 1.82) is 0 Å². The van der Waals surface area contributed by atoms with Crippen molar-refractivity contribution < 1.29 is 19.1 Å². The summed E-state index contributed by atoms with van der Waals surface area (Å²) in [5.41, 5.74) is 4.49. The van der Waals surface area contributed by atoms with Crippen LogP contribution in [0, 0.1) is 6.92 Å². The van der Waals surface area contributed by atoms with Gasteiger partial charge in [0.2, 0.25) is 11.8 Å². The highest BCUT2D eigenvalue weighted by Gasteiger charge is 2.42. The standard InChI is InChI=1S/C33H35N5O4S/c1-4-28(31(40)35-19-22-15-13-21(2)14-16-22)43-33-37-25-11-7-6-10-24(25)30-36-26(32(41)38(30)33)17-18-29(39)34-20-23-9-5-8-12-27(23)42-3/h5-16,26,28H,4,17-20H2,1-3H3,(H,34,39)(H,35,40)/t26-,28-/m1/s1. The van der Waals surface area contributed by atoms with Crippen LogP contribution in [0.15, 0.2) is 82.8 Å². The second-order valence-corrected chi connectivity index (χ2v) is 11.6. The van der Waals surface area contributed by atoms with Gasteiger partial charge in [-0.1, -0.05) is 78.8 Å². The van der Waals surface area contributed by atoms with Crippen molar-refractivity contribution in [2.24, 2.45) is 9.98 Å². The van der Waals surface area contributed by atoms with Gasteiger partial charge in [-0.2, -0.15) is 0 Å². The number of aryl methyl sites for hydroxylation is 1. The Morgan fingerprint density at radius 1 is 1.00 bits per heavy atom. The summed E-state index contributed by atoms with van der Waals surface area (Å²) in [6, 6.07) is 22.3. The summed E-state index contributed by atoms with van der Waals surface area (Å²) in [5.74, 6) is 0.664. The molecule has 5 rings (SSSR count). The number of nitrogens with zero attached hydrogens (tertiary/aromatic N) is 3. The number of hydrogen-bond donors (Lipinski definition) is 2. The first-order chi connectivity index (χ1) is 20.9. The molecule has 0 bridgehead atoms. The number of fused-ring (bicyclic) bond motifs is 3. The number of nitrogens with one attached hydrogen (secondary N) is 2. The number of benzene rings is 3. The predicted octanol–water partition coefficient (Wildman–Crippen LogP) is 4.89. The van der Waals surface area contributed by atoms with Crippen molar-refractivity contribution in [3.8, 4) is 5.75 Å². The molecule has 2 aliphatic heterocycles. The lowest BCUT2D eigenvalue weighted by molar-refractivity contribution is -0.125. The van der Waals surface area contributed by atoms with E-state index in [1.807, 2.05) is 86.6 Å². The zero-order chi connectivity index (χ0) is 30.3. The molecule has 0 radical (unpaired) electrons. The second kappa shape index (κ2) is 13.7. The molecule has 0 unspecified atom stereocenters. The van der Waals surface area contributed by atoms with E-state index in [1.54, 1.807) is 7.11 Å². The number of amidine groups is 2. The average molecular weight is 598 g/mol. The first-order valence-corrected chi connectivity index (χ1v) is 15.2. The van der Waals surface area contributed by atoms with E-state index in [1.165, 1.54) is 16.7 Å². The maximum absolute atomic E-state index is 13.7. The van der Waals surface area contributed by atoms with Crippen molar-refractivity contribution in [3.63, 3.8) is 0 Å². The number of ether oxygens (including phenoxy) is 1. The number of hydrogen-bond acceptors (Lipinski definition) is 7. The summed E-state index contributed by atoms with van der Waals surface area (Å²) in [7, 11) is 1.59.